The van der Waals surface area contributed by atoms with Gasteiger partial charge in [-0.3, -0.25) is 9.36 Å². The molecule has 44 heavy (non-hydrogen) atoms. The molecule has 0 spiro atoms. The molecule has 0 aliphatic heterocycles. The summed E-state index contributed by atoms with van der Waals surface area (Å²) in [4.78, 5) is 24.8. The third-order valence-corrected chi connectivity index (χ3v) is 9.95. The standard InChI is InChI=1S/C29H22F6NO6PS/c1-14(28(37)40-17-8-5-9-17)36-43(39,42-18-6-3-2-4-7-18)27(35)15-10-11-19-16(12-15)13-20(44-19)29(38)41-26-24(33)22(31)21(30)23(32)25(26)34/h2-4,6-7,10-14,17,27H,5,8-9H2,1H3,(H,36,39). The molecule has 1 saturated carbocycles. The summed E-state index contributed by atoms with van der Waals surface area (Å²) in [6.45, 7) is 1.36. The summed E-state index contributed by atoms with van der Waals surface area (Å²) >= 11 is 0.726. The molecule has 0 bridgehead atoms. The minimum Gasteiger partial charge on any atom is -0.461 e. The van der Waals surface area contributed by atoms with E-state index in [4.69, 9.17) is 9.26 Å². The molecule has 0 saturated heterocycles. The van der Waals surface area contributed by atoms with Crippen LogP contribution in [-0.4, -0.2) is 24.1 Å². The lowest BCUT2D eigenvalue weighted by molar-refractivity contribution is -0.154. The first-order chi connectivity index (χ1) is 20.9. The highest BCUT2D eigenvalue weighted by Gasteiger charge is 2.41. The van der Waals surface area contributed by atoms with Gasteiger partial charge in [-0.2, -0.15) is 8.78 Å². The van der Waals surface area contributed by atoms with Crippen LogP contribution in [0.3, 0.4) is 0 Å². The van der Waals surface area contributed by atoms with Crippen molar-refractivity contribution >= 4 is 40.9 Å². The fraction of sp³-hybridized carbons (Fsp3) is 0.241. The molecule has 3 unspecified atom stereocenters. The summed E-state index contributed by atoms with van der Waals surface area (Å²) in [5.41, 5.74) is -0.179. The average molecular weight is 658 g/mol. The number of carbonyl (C=O) groups is 2. The SMILES string of the molecule is CC(NP(=O)(Oc1ccccc1)C(F)c1ccc2sc(C(=O)Oc3c(F)c(F)c(F)c(F)c3F)cc2c1)C(=O)OC1CCC1. The van der Waals surface area contributed by atoms with Gasteiger partial charge in [-0.25, -0.2) is 27.4 Å². The second kappa shape index (κ2) is 12.6. The van der Waals surface area contributed by atoms with Crippen LogP contribution in [-0.2, 0) is 14.1 Å². The fourth-order valence-electron chi connectivity index (χ4n) is 4.18. The molecule has 1 fully saturated rings. The van der Waals surface area contributed by atoms with Gasteiger partial charge in [0.15, 0.2) is 0 Å². The molecule has 0 amide bonds. The van der Waals surface area contributed by atoms with Gasteiger partial charge in [-0.1, -0.05) is 24.3 Å². The molecule has 7 nitrogen and oxygen atoms in total. The highest BCUT2D eigenvalue weighted by molar-refractivity contribution is 7.57. The average Bonchev–Trinajstić information content (AvgIpc) is 3.42. The number of benzene rings is 3. The summed E-state index contributed by atoms with van der Waals surface area (Å²) in [5, 5.41) is 2.67. The van der Waals surface area contributed by atoms with E-state index in [1.165, 1.54) is 37.3 Å². The van der Waals surface area contributed by atoms with Crippen LogP contribution in [0.5, 0.6) is 11.5 Å². The molecule has 232 valence electrons. The molecule has 1 aliphatic carbocycles. The molecule has 15 heteroatoms. The monoisotopic (exact) mass is 657 g/mol. The molecule has 0 radical (unpaired) electrons. The van der Waals surface area contributed by atoms with Gasteiger partial charge in [0.2, 0.25) is 40.7 Å². The summed E-state index contributed by atoms with van der Waals surface area (Å²) in [7, 11) is -4.55. The molecular formula is C29H22F6NO6PS. The van der Waals surface area contributed by atoms with Crippen molar-refractivity contribution in [2.24, 2.45) is 0 Å². The normalized spacial score (nSPS) is 16.1. The Morgan fingerprint density at radius 1 is 0.932 bits per heavy atom. The molecule has 3 atom stereocenters. The van der Waals surface area contributed by atoms with Crippen molar-refractivity contribution in [1.82, 2.24) is 5.09 Å². The first-order valence-electron chi connectivity index (χ1n) is 13.1. The largest absolute Gasteiger partial charge is 0.461 e. The Morgan fingerprint density at radius 3 is 2.18 bits per heavy atom. The van der Waals surface area contributed by atoms with Crippen molar-refractivity contribution in [1.29, 1.82) is 0 Å². The van der Waals surface area contributed by atoms with E-state index in [1.54, 1.807) is 18.2 Å². The van der Waals surface area contributed by atoms with E-state index < -0.39 is 66.2 Å². The lowest BCUT2D eigenvalue weighted by atomic mass is 9.96. The molecule has 4 aromatic rings. The maximum absolute atomic E-state index is 16.1. The van der Waals surface area contributed by atoms with E-state index in [1.807, 2.05) is 0 Å². The van der Waals surface area contributed by atoms with Crippen LogP contribution in [0.2, 0.25) is 0 Å². The number of halogens is 6. The molecule has 1 N–H and O–H groups in total. The van der Waals surface area contributed by atoms with Gasteiger partial charge in [0.25, 0.3) is 0 Å². The van der Waals surface area contributed by atoms with Crippen molar-refractivity contribution in [2.45, 2.75) is 44.2 Å². The second-order valence-electron chi connectivity index (χ2n) is 9.87. The van der Waals surface area contributed by atoms with Crippen molar-refractivity contribution in [3.8, 4) is 11.5 Å². The number of para-hydroxylation sites is 1. The van der Waals surface area contributed by atoms with Crippen LogP contribution in [0.1, 0.15) is 47.3 Å². The zero-order valence-corrected chi connectivity index (χ0v) is 24.3. The Bertz CT molecular complexity index is 1750. The van der Waals surface area contributed by atoms with Crippen molar-refractivity contribution in [3.63, 3.8) is 0 Å². The first kappa shape index (κ1) is 31.6. The van der Waals surface area contributed by atoms with Crippen LogP contribution >= 0.6 is 18.9 Å². The van der Waals surface area contributed by atoms with Gasteiger partial charge in [0.05, 0.1) is 0 Å². The topological polar surface area (TPSA) is 90.9 Å². The summed E-state index contributed by atoms with van der Waals surface area (Å²) in [5.74, 6) is -17.9. The summed E-state index contributed by atoms with van der Waals surface area (Å²) in [6.07, 6.45) is 2.03. The quantitative estimate of drug-likeness (QED) is 0.0460. The molecule has 1 aliphatic rings. The van der Waals surface area contributed by atoms with Crippen LogP contribution < -0.4 is 14.3 Å². The minimum absolute atomic E-state index is 0.0558. The maximum Gasteiger partial charge on any atom is 0.355 e. The summed E-state index contributed by atoms with van der Waals surface area (Å²) in [6, 6.07) is 11.5. The lowest BCUT2D eigenvalue weighted by Crippen LogP contribution is -2.38. The molecule has 5 rings (SSSR count). The van der Waals surface area contributed by atoms with Crippen LogP contribution in [0, 0.1) is 29.1 Å². The fourth-order valence-corrected chi connectivity index (χ4v) is 7.01. The second-order valence-corrected chi connectivity index (χ2v) is 13.0. The lowest BCUT2D eigenvalue weighted by Gasteiger charge is -2.29. The summed E-state index contributed by atoms with van der Waals surface area (Å²) < 4.78 is 114. The zero-order valence-electron chi connectivity index (χ0n) is 22.6. The van der Waals surface area contributed by atoms with Crippen LogP contribution in [0.15, 0.2) is 54.6 Å². The highest BCUT2D eigenvalue weighted by Crippen LogP contribution is 2.58. The van der Waals surface area contributed by atoms with Gasteiger partial charge >= 0.3 is 19.5 Å². The number of rotatable bonds is 10. The smallest absolute Gasteiger partial charge is 0.355 e. The minimum atomic E-state index is -4.55. The Morgan fingerprint density at radius 2 is 1.57 bits per heavy atom. The van der Waals surface area contributed by atoms with Crippen molar-refractivity contribution in [3.05, 3.63) is 94.1 Å². The van der Waals surface area contributed by atoms with E-state index in [2.05, 4.69) is 9.82 Å². The van der Waals surface area contributed by atoms with E-state index in [9.17, 15) is 36.1 Å². The predicted molar refractivity (Wildman–Crippen MR) is 148 cm³/mol. The number of hydrogen-bond donors (Lipinski definition) is 1. The molecule has 1 aromatic heterocycles. The van der Waals surface area contributed by atoms with Crippen LogP contribution in [0.25, 0.3) is 10.1 Å². The van der Waals surface area contributed by atoms with Crippen LogP contribution in [0.4, 0.5) is 26.3 Å². The number of fused-ring (bicyclic) bond motifs is 1. The van der Waals surface area contributed by atoms with E-state index in [0.29, 0.717) is 17.5 Å². The van der Waals surface area contributed by atoms with Crippen molar-refractivity contribution in [2.75, 3.05) is 0 Å². The Kier molecular flexibility index (Phi) is 9.05. The highest BCUT2D eigenvalue weighted by atomic mass is 32.1. The Labute approximate surface area is 250 Å². The number of carbonyl (C=O) groups excluding carboxylic acids is 2. The first-order valence-corrected chi connectivity index (χ1v) is 15.6. The number of nitrogens with one attached hydrogen (secondary N) is 1. The number of ether oxygens (including phenoxy) is 2. The third kappa shape index (κ3) is 6.33. The van der Waals surface area contributed by atoms with Gasteiger partial charge in [0, 0.05) is 4.70 Å². The van der Waals surface area contributed by atoms with Crippen molar-refractivity contribution < 1.29 is 54.5 Å². The third-order valence-electron chi connectivity index (χ3n) is 6.73. The maximum atomic E-state index is 16.1. The Hall–Kier alpha value is -3.87. The van der Waals surface area contributed by atoms with Gasteiger partial charge in [-0.15, -0.1) is 11.3 Å². The number of esters is 2. The predicted octanol–water partition coefficient (Wildman–Crippen LogP) is 8.13. The Balaban J connectivity index is 1.41. The van der Waals surface area contributed by atoms with Gasteiger partial charge in [0.1, 0.15) is 22.8 Å². The number of alkyl halides is 1. The number of hydrogen-bond acceptors (Lipinski definition) is 7. The van der Waals surface area contributed by atoms with Gasteiger partial charge < -0.3 is 14.0 Å². The zero-order chi connectivity index (χ0) is 31.8. The number of thiophene rings is 1. The molecule has 3 aromatic carbocycles. The van der Waals surface area contributed by atoms with E-state index in [-0.39, 0.29) is 27.7 Å². The van der Waals surface area contributed by atoms with E-state index >= 15 is 4.39 Å². The molecular weight excluding hydrogens is 635 g/mol. The van der Waals surface area contributed by atoms with E-state index in [0.717, 1.165) is 23.8 Å². The van der Waals surface area contributed by atoms with Gasteiger partial charge in [-0.05, 0) is 67.5 Å². The molecule has 1 heterocycles.